The van der Waals surface area contributed by atoms with Crippen LogP contribution in [0.25, 0.3) is 0 Å². The zero-order valence-corrected chi connectivity index (χ0v) is 8.24. The molecule has 1 aliphatic heterocycles. The van der Waals surface area contributed by atoms with Gasteiger partial charge in [-0.1, -0.05) is 25.1 Å². The van der Waals surface area contributed by atoms with E-state index in [9.17, 15) is 4.79 Å². The second-order valence-corrected chi connectivity index (χ2v) is 3.79. The Labute approximate surface area is 82.8 Å². The fourth-order valence-corrected chi connectivity index (χ4v) is 2.00. The number of anilines is 1. The highest BCUT2D eigenvalue weighted by Gasteiger charge is 2.34. The van der Waals surface area contributed by atoms with E-state index in [0.717, 1.165) is 16.8 Å². The second-order valence-electron chi connectivity index (χ2n) is 3.79. The SMILES string of the molecule is Cc1cccc2c1NC(C(=O)O)C2C. The number of para-hydroxylation sites is 1. The van der Waals surface area contributed by atoms with Crippen molar-refractivity contribution in [3.05, 3.63) is 29.3 Å². The van der Waals surface area contributed by atoms with Crippen molar-refractivity contribution in [2.75, 3.05) is 5.32 Å². The molecule has 0 amide bonds. The van der Waals surface area contributed by atoms with Gasteiger partial charge in [-0.15, -0.1) is 0 Å². The Morgan fingerprint density at radius 2 is 2.21 bits per heavy atom. The molecule has 3 nitrogen and oxygen atoms in total. The van der Waals surface area contributed by atoms with Crippen LogP contribution in [0.4, 0.5) is 5.69 Å². The van der Waals surface area contributed by atoms with Gasteiger partial charge in [-0.05, 0) is 18.1 Å². The van der Waals surface area contributed by atoms with Crippen molar-refractivity contribution in [2.24, 2.45) is 0 Å². The summed E-state index contributed by atoms with van der Waals surface area (Å²) in [5, 5.41) is 12.0. The number of carboxylic acids is 1. The molecule has 0 aromatic heterocycles. The van der Waals surface area contributed by atoms with Crippen LogP contribution >= 0.6 is 0 Å². The highest BCUT2D eigenvalue weighted by atomic mass is 16.4. The van der Waals surface area contributed by atoms with E-state index in [-0.39, 0.29) is 5.92 Å². The molecule has 0 radical (unpaired) electrons. The van der Waals surface area contributed by atoms with E-state index in [1.54, 1.807) is 0 Å². The molecule has 2 rings (SSSR count). The molecule has 1 heterocycles. The number of hydrogen-bond donors (Lipinski definition) is 2. The zero-order chi connectivity index (χ0) is 10.3. The maximum atomic E-state index is 10.9. The van der Waals surface area contributed by atoms with Crippen LogP contribution in [0.2, 0.25) is 0 Å². The van der Waals surface area contributed by atoms with E-state index < -0.39 is 12.0 Å². The van der Waals surface area contributed by atoms with E-state index in [4.69, 9.17) is 5.11 Å². The van der Waals surface area contributed by atoms with Gasteiger partial charge in [-0.2, -0.15) is 0 Å². The summed E-state index contributed by atoms with van der Waals surface area (Å²) in [7, 11) is 0. The van der Waals surface area contributed by atoms with Crippen molar-refractivity contribution in [3.63, 3.8) is 0 Å². The zero-order valence-electron chi connectivity index (χ0n) is 8.24. The standard InChI is InChI=1S/C11H13NO2/c1-6-4-3-5-8-7(2)10(11(13)14)12-9(6)8/h3-5,7,10,12H,1-2H3,(H,13,14). The topological polar surface area (TPSA) is 49.3 Å². The molecule has 0 spiro atoms. The number of nitrogens with one attached hydrogen (secondary N) is 1. The van der Waals surface area contributed by atoms with Gasteiger partial charge in [-0.25, -0.2) is 4.79 Å². The van der Waals surface area contributed by atoms with E-state index in [1.807, 2.05) is 32.0 Å². The van der Waals surface area contributed by atoms with Gasteiger partial charge in [0.15, 0.2) is 0 Å². The first-order valence-corrected chi connectivity index (χ1v) is 4.70. The smallest absolute Gasteiger partial charge is 0.326 e. The average Bonchev–Trinajstić information content (AvgIpc) is 2.46. The summed E-state index contributed by atoms with van der Waals surface area (Å²) in [6.07, 6.45) is 0. The Balaban J connectivity index is 2.45. The van der Waals surface area contributed by atoms with Gasteiger partial charge in [0.2, 0.25) is 0 Å². The quantitative estimate of drug-likeness (QED) is 0.713. The Morgan fingerprint density at radius 3 is 2.79 bits per heavy atom. The van der Waals surface area contributed by atoms with Gasteiger partial charge in [0.1, 0.15) is 6.04 Å². The average molecular weight is 191 g/mol. The van der Waals surface area contributed by atoms with E-state index >= 15 is 0 Å². The molecule has 0 saturated heterocycles. The molecular weight excluding hydrogens is 178 g/mol. The van der Waals surface area contributed by atoms with E-state index in [0.29, 0.717) is 0 Å². The molecule has 2 unspecified atom stereocenters. The molecule has 3 heteroatoms. The summed E-state index contributed by atoms with van der Waals surface area (Å²) in [5.41, 5.74) is 3.21. The normalized spacial score (nSPS) is 24.1. The number of carbonyl (C=O) groups is 1. The number of aryl methyl sites for hydroxylation is 1. The Kier molecular flexibility index (Phi) is 1.95. The molecule has 1 aliphatic rings. The molecule has 2 atom stereocenters. The fraction of sp³-hybridized carbons (Fsp3) is 0.364. The molecule has 14 heavy (non-hydrogen) atoms. The lowest BCUT2D eigenvalue weighted by Crippen LogP contribution is -2.28. The van der Waals surface area contributed by atoms with Crippen molar-refractivity contribution < 1.29 is 9.90 Å². The van der Waals surface area contributed by atoms with Crippen molar-refractivity contribution in [3.8, 4) is 0 Å². The van der Waals surface area contributed by atoms with Crippen molar-refractivity contribution in [2.45, 2.75) is 25.8 Å². The van der Waals surface area contributed by atoms with E-state index in [2.05, 4.69) is 5.32 Å². The number of fused-ring (bicyclic) bond motifs is 1. The van der Waals surface area contributed by atoms with Crippen LogP contribution in [0.15, 0.2) is 18.2 Å². The lowest BCUT2D eigenvalue weighted by atomic mass is 9.96. The highest BCUT2D eigenvalue weighted by molar-refractivity contribution is 5.83. The van der Waals surface area contributed by atoms with Crippen LogP contribution in [0.3, 0.4) is 0 Å². The van der Waals surface area contributed by atoms with Gasteiger partial charge >= 0.3 is 5.97 Å². The minimum Gasteiger partial charge on any atom is -0.480 e. The highest BCUT2D eigenvalue weighted by Crippen LogP contribution is 2.37. The first-order valence-electron chi connectivity index (χ1n) is 4.70. The maximum Gasteiger partial charge on any atom is 0.326 e. The van der Waals surface area contributed by atoms with Crippen molar-refractivity contribution in [1.29, 1.82) is 0 Å². The van der Waals surface area contributed by atoms with Crippen molar-refractivity contribution >= 4 is 11.7 Å². The van der Waals surface area contributed by atoms with Crippen LogP contribution in [0, 0.1) is 6.92 Å². The monoisotopic (exact) mass is 191 g/mol. The largest absolute Gasteiger partial charge is 0.480 e. The summed E-state index contributed by atoms with van der Waals surface area (Å²) in [6, 6.07) is 5.47. The molecule has 0 aliphatic carbocycles. The van der Waals surface area contributed by atoms with Crippen LogP contribution in [0.5, 0.6) is 0 Å². The summed E-state index contributed by atoms with van der Waals surface area (Å²) >= 11 is 0. The number of benzene rings is 1. The first kappa shape index (κ1) is 9.06. The third kappa shape index (κ3) is 1.16. The molecule has 0 bridgehead atoms. The lowest BCUT2D eigenvalue weighted by Gasteiger charge is -2.10. The lowest BCUT2D eigenvalue weighted by molar-refractivity contribution is -0.138. The Morgan fingerprint density at radius 1 is 1.50 bits per heavy atom. The van der Waals surface area contributed by atoms with Crippen LogP contribution < -0.4 is 5.32 Å². The van der Waals surface area contributed by atoms with Gasteiger partial charge in [0, 0.05) is 11.6 Å². The van der Waals surface area contributed by atoms with Gasteiger partial charge in [0.25, 0.3) is 0 Å². The Hall–Kier alpha value is -1.51. The van der Waals surface area contributed by atoms with Crippen LogP contribution in [0.1, 0.15) is 24.0 Å². The third-order valence-electron chi connectivity index (χ3n) is 2.86. The summed E-state index contributed by atoms with van der Waals surface area (Å²) in [6.45, 7) is 3.93. The molecule has 0 saturated carbocycles. The van der Waals surface area contributed by atoms with Crippen molar-refractivity contribution in [1.82, 2.24) is 0 Å². The summed E-state index contributed by atoms with van der Waals surface area (Å²) < 4.78 is 0. The maximum absolute atomic E-state index is 10.9. The summed E-state index contributed by atoms with van der Waals surface area (Å²) in [4.78, 5) is 10.9. The third-order valence-corrected chi connectivity index (χ3v) is 2.86. The van der Waals surface area contributed by atoms with Crippen LogP contribution in [-0.2, 0) is 4.79 Å². The molecular formula is C11H13NO2. The van der Waals surface area contributed by atoms with Crippen LogP contribution in [-0.4, -0.2) is 17.1 Å². The number of rotatable bonds is 1. The molecule has 74 valence electrons. The first-order chi connectivity index (χ1) is 6.61. The molecule has 0 fully saturated rings. The van der Waals surface area contributed by atoms with Gasteiger partial charge in [0.05, 0.1) is 0 Å². The Bertz CT molecular complexity index is 387. The second kappa shape index (κ2) is 3.01. The molecule has 1 aromatic carbocycles. The summed E-state index contributed by atoms with van der Waals surface area (Å²) in [5.74, 6) is -0.740. The van der Waals surface area contributed by atoms with Gasteiger partial charge < -0.3 is 10.4 Å². The van der Waals surface area contributed by atoms with Gasteiger partial charge in [-0.3, -0.25) is 0 Å². The predicted molar refractivity (Wildman–Crippen MR) is 54.6 cm³/mol. The minimum atomic E-state index is -0.784. The molecule has 2 N–H and O–H groups in total. The predicted octanol–water partition coefficient (Wildman–Crippen LogP) is 1.98. The number of hydrogen-bond acceptors (Lipinski definition) is 2. The fourth-order valence-electron chi connectivity index (χ4n) is 2.00. The van der Waals surface area contributed by atoms with E-state index in [1.165, 1.54) is 0 Å². The number of carboxylic acid groups (broad SMARTS) is 1. The molecule has 1 aromatic rings. The minimum absolute atomic E-state index is 0.0439. The number of aliphatic carboxylic acids is 1.